The van der Waals surface area contributed by atoms with Gasteiger partial charge in [0, 0.05) is 12.0 Å². The molecule has 1 atom stereocenters. The summed E-state index contributed by atoms with van der Waals surface area (Å²) in [4.78, 5) is 17.4. The molecule has 0 saturated heterocycles. The number of hydrogen-bond acceptors (Lipinski definition) is 5. The summed E-state index contributed by atoms with van der Waals surface area (Å²) in [6.07, 6.45) is 0.746. The smallest absolute Gasteiger partial charge is 0.247 e. The van der Waals surface area contributed by atoms with E-state index in [9.17, 15) is 4.79 Å². The number of benzene rings is 2. The van der Waals surface area contributed by atoms with Crippen LogP contribution in [0.3, 0.4) is 0 Å². The van der Waals surface area contributed by atoms with Crippen molar-refractivity contribution in [2.45, 2.75) is 32.9 Å². The van der Waals surface area contributed by atoms with Crippen molar-refractivity contribution in [2.24, 2.45) is 0 Å². The average Bonchev–Trinajstić information content (AvgIpc) is 3.36. The number of nitrogens with zero attached hydrogens (tertiary/aromatic N) is 4. The number of fused-ring (bicyclic) bond motifs is 1. The first-order valence-electron chi connectivity index (χ1n) is 9.28. The molecule has 7 nitrogen and oxygen atoms in total. The zero-order valence-electron chi connectivity index (χ0n) is 15.8. The van der Waals surface area contributed by atoms with Gasteiger partial charge in [0.25, 0.3) is 0 Å². The van der Waals surface area contributed by atoms with E-state index in [1.165, 1.54) is 0 Å². The van der Waals surface area contributed by atoms with Crippen molar-refractivity contribution < 1.29 is 9.21 Å². The minimum Gasteiger partial charge on any atom is -0.419 e. The van der Waals surface area contributed by atoms with Crippen LogP contribution in [0.25, 0.3) is 22.5 Å². The molecule has 4 rings (SSSR count). The second kappa shape index (κ2) is 7.64. The largest absolute Gasteiger partial charge is 0.419 e. The zero-order chi connectivity index (χ0) is 19.5. The van der Waals surface area contributed by atoms with Crippen LogP contribution < -0.4 is 5.32 Å². The van der Waals surface area contributed by atoms with Gasteiger partial charge in [-0.05, 0) is 31.2 Å². The van der Waals surface area contributed by atoms with Crippen LogP contribution in [-0.4, -0.2) is 25.7 Å². The molecule has 0 spiro atoms. The van der Waals surface area contributed by atoms with Crippen LogP contribution in [-0.2, 0) is 17.8 Å². The van der Waals surface area contributed by atoms with Gasteiger partial charge in [0.1, 0.15) is 11.9 Å². The summed E-state index contributed by atoms with van der Waals surface area (Å²) >= 11 is 0. The number of carbonyl (C=O) groups excluding carboxylic acids is 1. The minimum atomic E-state index is -0.404. The average molecular weight is 375 g/mol. The molecule has 2 aromatic heterocycles. The molecule has 142 valence electrons. The highest BCUT2D eigenvalue weighted by atomic mass is 16.4. The molecule has 0 radical (unpaired) electrons. The SMILES string of the molecule is CCc1nc2ccccc2n1[C@@H](C)C(=O)NCc1nnc(-c2ccccc2)o1. The molecule has 0 aliphatic carbocycles. The molecule has 0 aliphatic rings. The van der Waals surface area contributed by atoms with Crippen molar-refractivity contribution in [2.75, 3.05) is 0 Å². The second-order valence-electron chi connectivity index (χ2n) is 6.50. The van der Waals surface area contributed by atoms with Crippen LogP contribution in [0.5, 0.6) is 0 Å². The quantitative estimate of drug-likeness (QED) is 0.557. The molecule has 1 N–H and O–H groups in total. The molecule has 2 heterocycles. The van der Waals surface area contributed by atoms with Crippen LogP contribution in [0.2, 0.25) is 0 Å². The molecule has 1 amide bonds. The van der Waals surface area contributed by atoms with E-state index in [4.69, 9.17) is 4.42 Å². The summed E-state index contributed by atoms with van der Waals surface area (Å²) in [5.41, 5.74) is 2.69. The Labute approximate surface area is 162 Å². The monoisotopic (exact) mass is 375 g/mol. The summed E-state index contributed by atoms with van der Waals surface area (Å²) in [5.74, 6) is 1.56. The van der Waals surface area contributed by atoms with Crippen LogP contribution in [0.4, 0.5) is 0 Å². The first-order chi connectivity index (χ1) is 13.7. The van der Waals surface area contributed by atoms with Gasteiger partial charge in [-0.3, -0.25) is 4.79 Å². The van der Waals surface area contributed by atoms with Gasteiger partial charge in [-0.1, -0.05) is 37.3 Å². The third-order valence-corrected chi connectivity index (χ3v) is 4.65. The summed E-state index contributed by atoms with van der Waals surface area (Å²) < 4.78 is 7.63. The maximum Gasteiger partial charge on any atom is 0.247 e. The zero-order valence-corrected chi connectivity index (χ0v) is 15.8. The number of hydrogen-bond donors (Lipinski definition) is 1. The van der Waals surface area contributed by atoms with Crippen LogP contribution in [0.15, 0.2) is 59.0 Å². The van der Waals surface area contributed by atoms with Gasteiger partial charge in [0.15, 0.2) is 0 Å². The summed E-state index contributed by atoms with van der Waals surface area (Å²) in [6, 6.07) is 17.0. The van der Waals surface area contributed by atoms with Crippen molar-refractivity contribution in [3.05, 3.63) is 66.3 Å². The Bertz CT molecular complexity index is 1100. The fourth-order valence-electron chi connectivity index (χ4n) is 3.23. The Morgan fingerprint density at radius 2 is 1.86 bits per heavy atom. The third kappa shape index (κ3) is 3.38. The fourth-order valence-corrected chi connectivity index (χ4v) is 3.23. The fraction of sp³-hybridized carbons (Fsp3) is 0.238. The van der Waals surface area contributed by atoms with Gasteiger partial charge in [0.2, 0.25) is 17.7 Å². The van der Waals surface area contributed by atoms with Gasteiger partial charge in [-0.15, -0.1) is 10.2 Å². The number of aromatic nitrogens is 4. The number of imidazole rings is 1. The predicted molar refractivity (Wildman–Crippen MR) is 105 cm³/mol. The molecule has 0 bridgehead atoms. The molecule has 0 unspecified atom stereocenters. The second-order valence-corrected chi connectivity index (χ2v) is 6.50. The van der Waals surface area contributed by atoms with Crippen molar-refractivity contribution >= 4 is 16.9 Å². The number of aryl methyl sites for hydroxylation is 1. The standard InChI is InChI=1S/C21H21N5O2/c1-3-18-23-16-11-7-8-12-17(16)26(18)14(2)20(27)22-13-19-24-25-21(28-19)15-9-5-4-6-10-15/h4-12,14H,3,13H2,1-2H3,(H,22,27)/t14-/m0/s1. The Balaban J connectivity index is 1.48. The van der Waals surface area contributed by atoms with E-state index in [-0.39, 0.29) is 12.5 Å². The van der Waals surface area contributed by atoms with Crippen molar-refractivity contribution in [3.8, 4) is 11.5 Å². The molecule has 2 aromatic carbocycles. The predicted octanol–water partition coefficient (Wildman–Crippen LogP) is 3.53. The normalized spacial score (nSPS) is 12.2. The van der Waals surface area contributed by atoms with Crippen LogP contribution in [0, 0.1) is 0 Å². The van der Waals surface area contributed by atoms with Crippen LogP contribution in [0.1, 0.15) is 31.6 Å². The van der Waals surface area contributed by atoms with Crippen molar-refractivity contribution in [1.29, 1.82) is 0 Å². The minimum absolute atomic E-state index is 0.127. The Morgan fingerprint density at radius 1 is 1.11 bits per heavy atom. The van der Waals surface area contributed by atoms with Gasteiger partial charge in [-0.25, -0.2) is 4.98 Å². The van der Waals surface area contributed by atoms with E-state index in [2.05, 4.69) is 20.5 Å². The first kappa shape index (κ1) is 17.9. The maximum atomic E-state index is 12.8. The van der Waals surface area contributed by atoms with E-state index in [1.54, 1.807) is 0 Å². The number of carbonyl (C=O) groups is 1. The van der Waals surface area contributed by atoms with E-state index in [1.807, 2.05) is 73.0 Å². The number of amides is 1. The van der Waals surface area contributed by atoms with E-state index < -0.39 is 6.04 Å². The Morgan fingerprint density at radius 3 is 2.64 bits per heavy atom. The van der Waals surface area contributed by atoms with E-state index in [0.717, 1.165) is 28.8 Å². The maximum absolute atomic E-state index is 12.8. The lowest BCUT2D eigenvalue weighted by Gasteiger charge is -2.16. The molecular formula is C21H21N5O2. The van der Waals surface area contributed by atoms with E-state index >= 15 is 0 Å². The van der Waals surface area contributed by atoms with E-state index in [0.29, 0.717) is 11.8 Å². The molecule has 0 fully saturated rings. The molecule has 28 heavy (non-hydrogen) atoms. The lowest BCUT2D eigenvalue weighted by atomic mass is 10.2. The highest BCUT2D eigenvalue weighted by Gasteiger charge is 2.21. The summed E-state index contributed by atoms with van der Waals surface area (Å²) in [6.45, 7) is 4.08. The number of para-hydroxylation sites is 2. The van der Waals surface area contributed by atoms with Crippen LogP contribution >= 0.6 is 0 Å². The number of nitrogens with one attached hydrogen (secondary N) is 1. The molecule has 4 aromatic rings. The summed E-state index contributed by atoms with van der Waals surface area (Å²) in [5, 5.41) is 10.9. The molecule has 0 saturated carbocycles. The third-order valence-electron chi connectivity index (χ3n) is 4.65. The first-order valence-corrected chi connectivity index (χ1v) is 9.28. The lowest BCUT2D eigenvalue weighted by molar-refractivity contribution is -0.124. The molecule has 0 aliphatic heterocycles. The van der Waals surface area contributed by atoms with Gasteiger partial charge in [0.05, 0.1) is 17.6 Å². The van der Waals surface area contributed by atoms with Crippen molar-refractivity contribution in [1.82, 2.24) is 25.1 Å². The topological polar surface area (TPSA) is 85.8 Å². The number of rotatable bonds is 6. The van der Waals surface area contributed by atoms with Gasteiger partial charge in [-0.2, -0.15) is 0 Å². The highest BCUT2D eigenvalue weighted by molar-refractivity contribution is 5.84. The van der Waals surface area contributed by atoms with Crippen molar-refractivity contribution in [3.63, 3.8) is 0 Å². The molecule has 7 heteroatoms. The summed E-state index contributed by atoms with van der Waals surface area (Å²) in [7, 11) is 0. The Kier molecular flexibility index (Phi) is 4.89. The van der Waals surface area contributed by atoms with Gasteiger partial charge < -0.3 is 14.3 Å². The Hall–Kier alpha value is -3.48. The lowest BCUT2D eigenvalue weighted by Crippen LogP contribution is -2.31. The highest BCUT2D eigenvalue weighted by Crippen LogP contribution is 2.22. The van der Waals surface area contributed by atoms with Gasteiger partial charge >= 0.3 is 0 Å². The molecular weight excluding hydrogens is 354 g/mol.